The summed E-state index contributed by atoms with van der Waals surface area (Å²) in [6.07, 6.45) is 4.97. The Morgan fingerprint density at radius 1 is 0.694 bits per heavy atom. The average molecular weight is 499 g/mol. The molecule has 0 aliphatic heterocycles. The number of aryl methyl sites for hydroxylation is 3. The number of fused-ring (bicyclic) bond motifs is 1. The highest BCUT2D eigenvalue weighted by molar-refractivity contribution is 5.88. The first-order valence-electron chi connectivity index (χ1n) is 12.1. The number of benzene rings is 4. The molecule has 0 unspecified atom stereocenters. The van der Waals surface area contributed by atoms with E-state index in [1.165, 1.54) is 24.8 Å². The monoisotopic (exact) mass is 498 g/mol. The summed E-state index contributed by atoms with van der Waals surface area (Å²) in [5.41, 5.74) is 3.98. The molecule has 4 rings (SSSR count). The summed E-state index contributed by atoms with van der Waals surface area (Å²) in [5.74, 6) is -3.94. The predicted molar refractivity (Wildman–Crippen MR) is 133 cm³/mol. The highest BCUT2D eigenvalue weighted by atomic mass is 19.3. The highest BCUT2D eigenvalue weighted by Crippen LogP contribution is 2.29. The Kier molecular flexibility index (Phi) is 8.24. The van der Waals surface area contributed by atoms with Gasteiger partial charge in [0.2, 0.25) is 0 Å². The predicted octanol–water partition coefficient (Wildman–Crippen LogP) is 9.04. The fraction of sp³-hybridized carbons (Fsp3) is 0.267. The van der Waals surface area contributed by atoms with E-state index in [4.69, 9.17) is 0 Å². The molecule has 0 fully saturated rings. The molecule has 0 saturated heterocycles. The van der Waals surface area contributed by atoms with Gasteiger partial charge < -0.3 is 4.74 Å². The zero-order valence-electron chi connectivity index (χ0n) is 20.0. The van der Waals surface area contributed by atoms with Crippen molar-refractivity contribution in [1.29, 1.82) is 0 Å². The van der Waals surface area contributed by atoms with Gasteiger partial charge in [-0.25, -0.2) is 13.2 Å². The Morgan fingerprint density at radius 3 is 2.06 bits per heavy atom. The maximum atomic E-state index is 15.2. The van der Waals surface area contributed by atoms with Crippen molar-refractivity contribution in [1.82, 2.24) is 0 Å². The molecule has 0 atom stereocenters. The standard InChI is InChI=1S/C30H27F5O/c1-2-3-4-5-19-6-9-21(10-7-19)23-14-15-25-24(18-23)13-12-22(28(25)33)11-8-20-16-26(31)29(27(32)17-20)36-30(34)35/h6-7,9-10,12-18,30H,2-5,8,11H2,1H3. The van der Waals surface area contributed by atoms with Crippen molar-refractivity contribution < 1.29 is 26.7 Å². The van der Waals surface area contributed by atoms with E-state index in [1.54, 1.807) is 12.1 Å². The van der Waals surface area contributed by atoms with E-state index in [9.17, 15) is 17.6 Å². The first-order valence-corrected chi connectivity index (χ1v) is 12.1. The molecule has 0 N–H and O–H groups in total. The molecule has 0 aliphatic carbocycles. The smallest absolute Gasteiger partial charge is 0.387 e. The van der Waals surface area contributed by atoms with Crippen molar-refractivity contribution >= 4 is 10.8 Å². The summed E-state index contributed by atoms with van der Waals surface area (Å²) in [6.45, 7) is -1.14. The highest BCUT2D eigenvalue weighted by Gasteiger charge is 2.17. The summed E-state index contributed by atoms with van der Waals surface area (Å²) in [5, 5.41) is 1.22. The van der Waals surface area contributed by atoms with Gasteiger partial charge in [0.25, 0.3) is 0 Å². The van der Waals surface area contributed by atoms with Crippen LogP contribution in [0.25, 0.3) is 21.9 Å². The molecular formula is C30H27F5O. The molecule has 0 spiro atoms. The van der Waals surface area contributed by atoms with Crippen molar-refractivity contribution in [2.45, 2.75) is 52.1 Å². The van der Waals surface area contributed by atoms with Gasteiger partial charge in [-0.15, -0.1) is 0 Å². The van der Waals surface area contributed by atoms with Crippen LogP contribution in [0.4, 0.5) is 22.0 Å². The van der Waals surface area contributed by atoms with Gasteiger partial charge in [0.1, 0.15) is 5.82 Å². The molecule has 0 aliphatic rings. The van der Waals surface area contributed by atoms with Gasteiger partial charge in [0.05, 0.1) is 0 Å². The van der Waals surface area contributed by atoms with E-state index >= 15 is 4.39 Å². The fourth-order valence-corrected chi connectivity index (χ4v) is 4.39. The quantitative estimate of drug-likeness (QED) is 0.157. The molecule has 188 valence electrons. The van der Waals surface area contributed by atoms with Crippen LogP contribution in [0.2, 0.25) is 0 Å². The molecular weight excluding hydrogens is 471 g/mol. The molecule has 4 aromatic carbocycles. The second kappa shape index (κ2) is 11.5. The number of alkyl halides is 2. The molecule has 4 aromatic rings. The van der Waals surface area contributed by atoms with Gasteiger partial charge in [-0.05, 0) is 77.1 Å². The number of hydrogen-bond donors (Lipinski definition) is 0. The SMILES string of the molecule is CCCCCc1ccc(-c2ccc3c(F)c(CCc4cc(F)c(OC(F)F)c(F)c4)ccc3c2)cc1. The van der Waals surface area contributed by atoms with E-state index in [0.717, 1.165) is 35.1 Å². The first-order chi connectivity index (χ1) is 17.4. The molecule has 0 bridgehead atoms. The summed E-state index contributed by atoms with van der Waals surface area (Å²) in [6, 6.07) is 19.4. The Bertz CT molecular complexity index is 1310. The van der Waals surface area contributed by atoms with Crippen LogP contribution in [0, 0.1) is 17.5 Å². The van der Waals surface area contributed by atoms with E-state index in [0.29, 0.717) is 10.9 Å². The number of ether oxygens (including phenoxy) is 1. The minimum Gasteiger partial charge on any atom is -0.429 e. The minimum absolute atomic E-state index is 0.133. The topological polar surface area (TPSA) is 9.23 Å². The maximum absolute atomic E-state index is 15.2. The van der Waals surface area contributed by atoms with Gasteiger partial charge in [-0.3, -0.25) is 0 Å². The van der Waals surface area contributed by atoms with Crippen molar-refractivity contribution in [3.63, 3.8) is 0 Å². The van der Waals surface area contributed by atoms with Crippen LogP contribution in [0.1, 0.15) is 42.9 Å². The molecule has 36 heavy (non-hydrogen) atoms. The van der Waals surface area contributed by atoms with Crippen LogP contribution < -0.4 is 4.74 Å². The van der Waals surface area contributed by atoms with Crippen LogP contribution >= 0.6 is 0 Å². The van der Waals surface area contributed by atoms with Gasteiger partial charge in [-0.2, -0.15) is 8.78 Å². The van der Waals surface area contributed by atoms with E-state index in [-0.39, 0.29) is 24.2 Å². The van der Waals surface area contributed by atoms with Crippen LogP contribution in [0.15, 0.2) is 66.7 Å². The Balaban J connectivity index is 1.49. The summed E-state index contributed by atoms with van der Waals surface area (Å²) < 4.78 is 71.7. The molecule has 0 amide bonds. The first kappa shape index (κ1) is 25.7. The number of rotatable bonds is 10. The number of hydrogen-bond acceptors (Lipinski definition) is 1. The zero-order valence-corrected chi connectivity index (χ0v) is 20.0. The number of halogens is 5. The Morgan fingerprint density at radius 2 is 1.39 bits per heavy atom. The zero-order chi connectivity index (χ0) is 25.7. The lowest BCUT2D eigenvalue weighted by Crippen LogP contribution is -2.06. The molecule has 0 heterocycles. The normalized spacial score (nSPS) is 11.4. The largest absolute Gasteiger partial charge is 0.429 e. The van der Waals surface area contributed by atoms with Crippen LogP contribution in [0.5, 0.6) is 5.75 Å². The van der Waals surface area contributed by atoms with Crippen molar-refractivity contribution in [2.75, 3.05) is 0 Å². The van der Waals surface area contributed by atoms with Gasteiger partial charge in [-0.1, -0.05) is 68.3 Å². The Labute approximate surface area is 207 Å². The van der Waals surface area contributed by atoms with Crippen LogP contribution in [0.3, 0.4) is 0 Å². The molecule has 0 radical (unpaired) electrons. The van der Waals surface area contributed by atoms with Gasteiger partial charge in [0.15, 0.2) is 17.4 Å². The third-order valence-electron chi connectivity index (χ3n) is 6.34. The van der Waals surface area contributed by atoms with E-state index < -0.39 is 24.0 Å². The molecule has 0 saturated carbocycles. The molecule has 0 aromatic heterocycles. The summed E-state index contributed by atoms with van der Waals surface area (Å²) in [7, 11) is 0. The Hall–Kier alpha value is -3.41. The van der Waals surface area contributed by atoms with Crippen molar-refractivity contribution in [3.8, 4) is 16.9 Å². The lowest BCUT2D eigenvalue weighted by atomic mass is 9.96. The van der Waals surface area contributed by atoms with Crippen LogP contribution in [-0.2, 0) is 19.3 Å². The fourth-order valence-electron chi connectivity index (χ4n) is 4.39. The van der Waals surface area contributed by atoms with Gasteiger partial charge >= 0.3 is 6.61 Å². The minimum atomic E-state index is -3.33. The average Bonchev–Trinajstić information content (AvgIpc) is 2.86. The van der Waals surface area contributed by atoms with E-state index in [2.05, 4.69) is 35.9 Å². The molecule has 1 nitrogen and oxygen atoms in total. The maximum Gasteiger partial charge on any atom is 0.387 e. The third kappa shape index (κ3) is 6.04. The van der Waals surface area contributed by atoms with Crippen LogP contribution in [-0.4, -0.2) is 6.61 Å². The third-order valence-corrected chi connectivity index (χ3v) is 6.34. The summed E-state index contributed by atoms with van der Waals surface area (Å²) in [4.78, 5) is 0. The number of unbranched alkanes of at least 4 members (excludes halogenated alkanes) is 2. The second-order valence-corrected chi connectivity index (χ2v) is 8.90. The molecule has 6 heteroatoms. The van der Waals surface area contributed by atoms with Crippen molar-refractivity contribution in [3.05, 3.63) is 101 Å². The van der Waals surface area contributed by atoms with E-state index in [1.807, 2.05) is 18.2 Å². The van der Waals surface area contributed by atoms with Crippen molar-refractivity contribution in [2.24, 2.45) is 0 Å². The summed E-state index contributed by atoms with van der Waals surface area (Å²) >= 11 is 0. The second-order valence-electron chi connectivity index (χ2n) is 8.90. The lowest BCUT2D eigenvalue weighted by molar-refractivity contribution is -0.0546. The van der Waals surface area contributed by atoms with Gasteiger partial charge in [0, 0.05) is 5.39 Å². The lowest BCUT2D eigenvalue weighted by Gasteiger charge is -2.11.